The van der Waals surface area contributed by atoms with Gasteiger partial charge in [-0.25, -0.2) is 0 Å². The van der Waals surface area contributed by atoms with E-state index < -0.39 is 0 Å². The van der Waals surface area contributed by atoms with Crippen LogP contribution in [-0.2, 0) is 9.59 Å². The number of hydrogen-bond donors (Lipinski definition) is 0. The molecule has 0 unspecified atom stereocenters. The molecular formula is C17H21NO4. The van der Waals surface area contributed by atoms with E-state index in [4.69, 9.17) is 9.47 Å². The SMILES string of the molecule is COc1cc(/C=C/[C@H]2CCCN2C(C)=O)ccc1OC(C)=O. The molecule has 2 rings (SSSR count). The van der Waals surface area contributed by atoms with Crippen LogP contribution in [0.2, 0.25) is 0 Å². The molecule has 0 bridgehead atoms. The van der Waals surface area contributed by atoms with Gasteiger partial charge in [0.1, 0.15) is 0 Å². The van der Waals surface area contributed by atoms with Crippen LogP contribution >= 0.6 is 0 Å². The minimum Gasteiger partial charge on any atom is -0.493 e. The van der Waals surface area contributed by atoms with Crippen LogP contribution in [0.1, 0.15) is 32.3 Å². The minimum atomic E-state index is -0.385. The Morgan fingerprint density at radius 3 is 2.68 bits per heavy atom. The first kappa shape index (κ1) is 16.1. The Balaban J connectivity index is 2.14. The molecule has 0 spiro atoms. The molecule has 1 aromatic carbocycles. The van der Waals surface area contributed by atoms with Crippen molar-refractivity contribution in [3.05, 3.63) is 29.8 Å². The highest BCUT2D eigenvalue weighted by Crippen LogP contribution is 2.29. The number of methoxy groups -OCH3 is 1. The van der Waals surface area contributed by atoms with E-state index in [0.717, 1.165) is 24.9 Å². The number of benzene rings is 1. The van der Waals surface area contributed by atoms with Crippen molar-refractivity contribution in [2.45, 2.75) is 32.7 Å². The van der Waals surface area contributed by atoms with Crippen LogP contribution in [0.3, 0.4) is 0 Å². The first-order valence-corrected chi connectivity index (χ1v) is 7.33. The zero-order valence-corrected chi connectivity index (χ0v) is 13.2. The highest BCUT2D eigenvalue weighted by atomic mass is 16.6. The lowest BCUT2D eigenvalue weighted by Crippen LogP contribution is -2.32. The Bertz CT molecular complexity index is 594. The molecule has 118 valence electrons. The molecule has 1 amide bonds. The molecule has 0 aliphatic carbocycles. The second-order valence-corrected chi connectivity index (χ2v) is 5.29. The third-order valence-corrected chi connectivity index (χ3v) is 3.66. The van der Waals surface area contributed by atoms with Gasteiger partial charge in [0.05, 0.1) is 13.2 Å². The lowest BCUT2D eigenvalue weighted by Gasteiger charge is -2.20. The first-order valence-electron chi connectivity index (χ1n) is 7.33. The topological polar surface area (TPSA) is 55.8 Å². The highest BCUT2D eigenvalue weighted by molar-refractivity contribution is 5.74. The molecule has 1 aromatic rings. The van der Waals surface area contributed by atoms with Crippen molar-refractivity contribution in [3.63, 3.8) is 0 Å². The fraction of sp³-hybridized carbons (Fsp3) is 0.412. The third kappa shape index (κ3) is 3.87. The summed E-state index contributed by atoms with van der Waals surface area (Å²) in [4.78, 5) is 24.5. The molecule has 0 N–H and O–H groups in total. The average molecular weight is 303 g/mol. The molecule has 22 heavy (non-hydrogen) atoms. The highest BCUT2D eigenvalue weighted by Gasteiger charge is 2.23. The lowest BCUT2D eigenvalue weighted by molar-refractivity contribution is -0.132. The molecule has 5 heteroatoms. The molecule has 1 saturated heterocycles. The number of hydrogen-bond acceptors (Lipinski definition) is 4. The number of esters is 1. The zero-order valence-electron chi connectivity index (χ0n) is 13.2. The average Bonchev–Trinajstić information content (AvgIpc) is 2.94. The van der Waals surface area contributed by atoms with Gasteiger partial charge in [-0.3, -0.25) is 9.59 Å². The van der Waals surface area contributed by atoms with Gasteiger partial charge in [0.25, 0.3) is 0 Å². The Kier molecular flexibility index (Phi) is 5.20. The Morgan fingerprint density at radius 2 is 2.05 bits per heavy atom. The first-order chi connectivity index (χ1) is 10.5. The van der Waals surface area contributed by atoms with E-state index >= 15 is 0 Å². The van der Waals surface area contributed by atoms with Crippen LogP contribution in [0, 0.1) is 0 Å². The number of rotatable bonds is 4. The molecule has 1 aliphatic rings. The number of nitrogens with zero attached hydrogens (tertiary/aromatic N) is 1. The predicted octanol–water partition coefficient (Wildman–Crippen LogP) is 2.64. The molecular weight excluding hydrogens is 282 g/mol. The largest absolute Gasteiger partial charge is 0.493 e. The normalized spacial score (nSPS) is 17.8. The van der Waals surface area contributed by atoms with Crippen LogP contribution in [0.15, 0.2) is 24.3 Å². The molecule has 1 aliphatic heterocycles. The van der Waals surface area contributed by atoms with Crippen LogP contribution in [0.4, 0.5) is 0 Å². The van der Waals surface area contributed by atoms with Gasteiger partial charge in [0.15, 0.2) is 11.5 Å². The standard InChI is InChI=1S/C17H21NO4/c1-12(19)18-10-4-5-15(18)8-6-14-7-9-16(22-13(2)20)17(11-14)21-3/h6-9,11,15H,4-5,10H2,1-3H3/b8-6+/t15-/m1/s1. The lowest BCUT2D eigenvalue weighted by atomic mass is 10.1. The van der Waals surface area contributed by atoms with Crippen molar-refractivity contribution in [2.75, 3.05) is 13.7 Å². The van der Waals surface area contributed by atoms with Crippen molar-refractivity contribution in [1.82, 2.24) is 4.90 Å². The summed E-state index contributed by atoms with van der Waals surface area (Å²) in [5.41, 5.74) is 0.933. The summed E-state index contributed by atoms with van der Waals surface area (Å²) in [7, 11) is 1.53. The fourth-order valence-electron chi connectivity index (χ4n) is 2.63. The van der Waals surface area contributed by atoms with Gasteiger partial charge in [-0.05, 0) is 30.5 Å². The predicted molar refractivity (Wildman–Crippen MR) is 83.7 cm³/mol. The summed E-state index contributed by atoms with van der Waals surface area (Å²) >= 11 is 0. The summed E-state index contributed by atoms with van der Waals surface area (Å²) in [6.45, 7) is 3.77. The van der Waals surface area contributed by atoms with Crippen LogP contribution in [0.25, 0.3) is 6.08 Å². The Labute approximate surface area is 130 Å². The molecule has 0 saturated carbocycles. The monoisotopic (exact) mass is 303 g/mol. The summed E-state index contributed by atoms with van der Waals surface area (Å²) < 4.78 is 10.3. The van der Waals surface area contributed by atoms with Gasteiger partial charge in [0, 0.05) is 20.4 Å². The van der Waals surface area contributed by atoms with Gasteiger partial charge in [-0.1, -0.05) is 18.2 Å². The molecule has 1 heterocycles. The second kappa shape index (κ2) is 7.11. The number of amides is 1. The minimum absolute atomic E-state index is 0.106. The molecule has 0 radical (unpaired) electrons. The summed E-state index contributed by atoms with van der Waals surface area (Å²) in [5, 5.41) is 0. The third-order valence-electron chi connectivity index (χ3n) is 3.66. The van der Waals surface area contributed by atoms with E-state index in [-0.39, 0.29) is 17.9 Å². The van der Waals surface area contributed by atoms with Gasteiger partial charge in [0.2, 0.25) is 5.91 Å². The number of carbonyl (C=O) groups is 2. The van der Waals surface area contributed by atoms with Crippen molar-refractivity contribution in [3.8, 4) is 11.5 Å². The quantitative estimate of drug-likeness (QED) is 0.634. The molecule has 0 aromatic heterocycles. The van der Waals surface area contributed by atoms with Crippen LogP contribution < -0.4 is 9.47 Å². The van der Waals surface area contributed by atoms with Crippen LogP contribution in [0.5, 0.6) is 11.5 Å². The van der Waals surface area contributed by atoms with E-state index in [1.54, 1.807) is 13.0 Å². The van der Waals surface area contributed by atoms with E-state index in [9.17, 15) is 9.59 Å². The number of likely N-dealkylation sites (tertiary alicyclic amines) is 1. The summed E-state index contributed by atoms with van der Waals surface area (Å²) in [5.74, 6) is 0.630. The van der Waals surface area contributed by atoms with Crippen molar-refractivity contribution >= 4 is 18.0 Å². The van der Waals surface area contributed by atoms with E-state index in [1.165, 1.54) is 14.0 Å². The Morgan fingerprint density at radius 1 is 1.27 bits per heavy atom. The second-order valence-electron chi connectivity index (χ2n) is 5.29. The van der Waals surface area contributed by atoms with Gasteiger partial charge in [-0.15, -0.1) is 0 Å². The van der Waals surface area contributed by atoms with Gasteiger partial charge >= 0.3 is 5.97 Å². The zero-order chi connectivity index (χ0) is 16.1. The van der Waals surface area contributed by atoms with Crippen LogP contribution in [-0.4, -0.2) is 36.5 Å². The maximum Gasteiger partial charge on any atom is 0.308 e. The summed E-state index contributed by atoms with van der Waals surface area (Å²) in [6, 6.07) is 5.51. The van der Waals surface area contributed by atoms with Crippen molar-refractivity contribution in [2.24, 2.45) is 0 Å². The van der Waals surface area contributed by atoms with Crippen molar-refractivity contribution in [1.29, 1.82) is 0 Å². The van der Waals surface area contributed by atoms with Gasteiger partial charge in [-0.2, -0.15) is 0 Å². The molecule has 5 nitrogen and oxygen atoms in total. The van der Waals surface area contributed by atoms with E-state index in [2.05, 4.69) is 0 Å². The molecule has 1 atom stereocenters. The van der Waals surface area contributed by atoms with Crippen molar-refractivity contribution < 1.29 is 19.1 Å². The van der Waals surface area contributed by atoms with E-state index in [1.807, 2.05) is 29.2 Å². The number of carbonyl (C=O) groups excluding carboxylic acids is 2. The maximum atomic E-state index is 11.5. The smallest absolute Gasteiger partial charge is 0.308 e. The fourth-order valence-corrected chi connectivity index (χ4v) is 2.63. The van der Waals surface area contributed by atoms with E-state index in [0.29, 0.717) is 11.5 Å². The maximum absolute atomic E-state index is 11.5. The molecule has 1 fully saturated rings. The summed E-state index contributed by atoms with van der Waals surface area (Å²) in [6.07, 6.45) is 6.02. The number of ether oxygens (including phenoxy) is 2. The Hall–Kier alpha value is -2.30. The van der Waals surface area contributed by atoms with Gasteiger partial charge < -0.3 is 14.4 Å².